The molecule has 1 rings (SSSR count). The molecule has 0 aliphatic rings. The van der Waals surface area contributed by atoms with Gasteiger partial charge in [0.25, 0.3) is 0 Å². The average Bonchev–Trinajstić information content (AvgIpc) is 1.97. The van der Waals surface area contributed by atoms with Crippen molar-refractivity contribution in [1.82, 2.24) is 4.98 Å². The molecular formula is C6H7BrN2. The molecule has 0 radical (unpaired) electrons. The molecule has 0 aromatic carbocycles. The zero-order chi connectivity index (χ0) is 11.1. The van der Waals surface area contributed by atoms with E-state index in [1.807, 2.05) is 0 Å². The van der Waals surface area contributed by atoms with Gasteiger partial charge in [-0.1, -0.05) is 6.04 Å². The summed E-state index contributed by atoms with van der Waals surface area (Å²) in [6.45, 7) is -2.47. The second-order valence-electron chi connectivity index (χ2n) is 1.41. The van der Waals surface area contributed by atoms with E-state index in [-0.39, 0.29) is 22.0 Å². The van der Waals surface area contributed by atoms with Crippen LogP contribution in [0.15, 0.2) is 16.7 Å². The van der Waals surface area contributed by atoms with Gasteiger partial charge in [0.15, 0.2) is 0 Å². The molecule has 0 saturated carbocycles. The molecule has 0 aliphatic heterocycles. The summed E-state index contributed by atoms with van der Waals surface area (Å²) in [6.07, 6.45) is 0. The molecule has 0 spiro atoms. The number of hydrogen-bond acceptors (Lipinski definition) is 2. The highest BCUT2D eigenvalue weighted by Crippen LogP contribution is 2.13. The maximum absolute atomic E-state index is 7.44. The van der Waals surface area contributed by atoms with Crippen molar-refractivity contribution in [3.8, 4) is 0 Å². The molecule has 1 aromatic rings. The lowest BCUT2D eigenvalue weighted by molar-refractivity contribution is 1.23. The third-order valence-electron chi connectivity index (χ3n) is 0.740. The molecule has 0 aliphatic carbocycles. The Hall–Kier alpha value is -0.570. The molecule has 1 heterocycles. The van der Waals surface area contributed by atoms with Crippen molar-refractivity contribution in [2.24, 2.45) is 0 Å². The maximum atomic E-state index is 7.44. The van der Waals surface area contributed by atoms with E-state index in [4.69, 9.17) is 12.6 Å². The lowest BCUT2D eigenvalue weighted by Crippen LogP contribution is -1.90. The van der Waals surface area contributed by atoms with Crippen LogP contribution in [0, 0.1) is 6.85 Å². The summed E-state index contributed by atoms with van der Waals surface area (Å²) < 4.78 is 36.2. The van der Waals surface area contributed by atoms with E-state index < -0.39 is 12.9 Å². The number of nitrogens with two attached hydrogens (primary N) is 1. The molecule has 0 saturated heterocycles. The third-order valence-corrected chi connectivity index (χ3v) is 1.31. The van der Waals surface area contributed by atoms with Gasteiger partial charge < -0.3 is 5.73 Å². The molecule has 0 unspecified atom stereocenters. The minimum absolute atomic E-state index is 0.00370. The Morgan fingerprint density at radius 1 is 1.89 bits per heavy atom. The second-order valence-corrected chi connectivity index (χ2v) is 2.16. The van der Waals surface area contributed by atoms with Crippen molar-refractivity contribution in [2.45, 2.75) is 6.85 Å². The predicted molar refractivity (Wildman–Crippen MR) is 41.1 cm³/mol. The van der Waals surface area contributed by atoms with E-state index in [1.165, 1.54) is 0 Å². The lowest BCUT2D eigenvalue weighted by Gasteiger charge is -1.95. The molecule has 3 heteroatoms. The van der Waals surface area contributed by atoms with Crippen LogP contribution in [0.25, 0.3) is 0 Å². The molecule has 1 aromatic heterocycles. The Kier molecular flexibility index (Phi) is 0.674. The summed E-state index contributed by atoms with van der Waals surface area (Å²) in [5.41, 5.74) is 5.02. The summed E-state index contributed by atoms with van der Waals surface area (Å²) in [5, 5.41) is 0. The Morgan fingerprint density at radius 2 is 2.67 bits per heavy atom. The van der Waals surface area contributed by atoms with Gasteiger partial charge in [-0.05, 0) is 34.4 Å². The van der Waals surface area contributed by atoms with E-state index in [9.17, 15) is 0 Å². The van der Waals surface area contributed by atoms with Gasteiger partial charge in [-0.3, -0.25) is 0 Å². The summed E-state index contributed by atoms with van der Waals surface area (Å²) >= 11 is 2.91. The topological polar surface area (TPSA) is 38.9 Å². The van der Waals surface area contributed by atoms with Gasteiger partial charge in [-0.2, -0.15) is 0 Å². The van der Waals surface area contributed by atoms with Crippen LogP contribution < -0.4 is 5.73 Å². The highest BCUT2D eigenvalue weighted by atomic mass is 79.9. The molecule has 0 atom stereocenters. The Bertz CT molecular complexity index is 375. The van der Waals surface area contributed by atoms with Gasteiger partial charge in [0.2, 0.25) is 0 Å². The number of anilines is 1. The van der Waals surface area contributed by atoms with Crippen molar-refractivity contribution < 1.29 is 6.85 Å². The fraction of sp³-hybridized carbons (Fsp3) is 0.167. The predicted octanol–water partition coefficient (Wildman–Crippen LogP) is 1.73. The van der Waals surface area contributed by atoms with Crippen molar-refractivity contribution in [3.05, 3.63) is 22.3 Å². The van der Waals surface area contributed by atoms with E-state index in [2.05, 4.69) is 20.9 Å². The van der Waals surface area contributed by atoms with Gasteiger partial charge in [0.05, 0.1) is 2.74 Å². The van der Waals surface area contributed by atoms with Crippen LogP contribution in [0.3, 0.4) is 0 Å². The average molecular weight is 192 g/mol. The minimum Gasteiger partial charge on any atom is -0.384 e. The molecule has 0 bridgehead atoms. The highest BCUT2D eigenvalue weighted by Gasteiger charge is 1.93. The Morgan fingerprint density at radius 3 is 3.33 bits per heavy atom. The van der Waals surface area contributed by atoms with Crippen molar-refractivity contribution in [3.63, 3.8) is 0 Å². The van der Waals surface area contributed by atoms with Gasteiger partial charge in [0.1, 0.15) is 10.4 Å². The number of nitrogens with zero attached hydrogens (tertiary/aromatic N) is 1. The fourth-order valence-electron chi connectivity index (χ4n) is 0.368. The smallest absolute Gasteiger partial charge is 0.124 e. The fourth-order valence-corrected chi connectivity index (χ4v) is 0.658. The summed E-state index contributed by atoms with van der Waals surface area (Å²) in [5.74, 6) is -0.158. The molecule has 2 nitrogen and oxygen atoms in total. The number of rotatable bonds is 0. The number of nitrogen functional groups attached to an aromatic ring is 1. The van der Waals surface area contributed by atoms with Gasteiger partial charge >= 0.3 is 0 Å². The molecule has 0 amide bonds. The zero-order valence-corrected chi connectivity index (χ0v) is 5.99. The lowest BCUT2D eigenvalue weighted by atomic mass is 10.3. The highest BCUT2D eigenvalue weighted by molar-refractivity contribution is 9.10. The normalized spacial score (nSPS) is 19.0. The summed E-state index contributed by atoms with van der Waals surface area (Å²) in [4.78, 5) is 3.63. The second kappa shape index (κ2) is 2.35. The summed E-state index contributed by atoms with van der Waals surface area (Å²) in [6, 6.07) is -0.774. The van der Waals surface area contributed by atoms with E-state index in [0.717, 1.165) is 0 Å². The van der Waals surface area contributed by atoms with Crippen LogP contribution in [0.2, 0.25) is 0 Å². The first kappa shape index (κ1) is 2.58. The number of hydrogen-bond donors (Lipinski definition) is 1. The van der Waals surface area contributed by atoms with E-state index >= 15 is 0 Å². The van der Waals surface area contributed by atoms with E-state index in [0.29, 0.717) is 0 Å². The quantitative estimate of drug-likeness (QED) is 0.635. The molecule has 9 heavy (non-hydrogen) atoms. The van der Waals surface area contributed by atoms with Crippen LogP contribution in [0.5, 0.6) is 0 Å². The maximum Gasteiger partial charge on any atom is 0.124 e. The first-order chi connectivity index (χ1) is 6.25. The number of aromatic nitrogens is 1. The first-order valence-electron chi connectivity index (χ1n) is 4.67. The monoisotopic (exact) mass is 191 g/mol. The first-order valence-corrected chi connectivity index (χ1v) is 2.97. The number of halogens is 1. The SMILES string of the molecule is [2H]c1c(N)nc(Br)c(C([2H])([2H])[2H])c1[2H]. The molecule has 0 fully saturated rings. The standard InChI is InChI=1S/C6H7BrN2/c1-4-2-3-5(8)9-6(4)7/h2-3H,1H3,(H2,8,9)/i1D3,2D,3D. The van der Waals surface area contributed by atoms with Gasteiger partial charge in [-0.25, -0.2) is 4.98 Å². The zero-order valence-electron chi connectivity index (χ0n) is 9.40. The van der Waals surface area contributed by atoms with Crippen LogP contribution in [0.4, 0.5) is 5.82 Å². The van der Waals surface area contributed by atoms with E-state index in [1.54, 1.807) is 0 Å². The van der Waals surface area contributed by atoms with Crippen molar-refractivity contribution >= 4 is 21.7 Å². The Labute approximate surface area is 69.2 Å². The Balaban J connectivity index is 3.53. The third kappa shape index (κ3) is 1.42. The van der Waals surface area contributed by atoms with Crippen molar-refractivity contribution in [1.29, 1.82) is 0 Å². The molecule has 48 valence electrons. The van der Waals surface area contributed by atoms with Crippen molar-refractivity contribution in [2.75, 3.05) is 5.73 Å². The molecular weight excluding hydrogens is 180 g/mol. The van der Waals surface area contributed by atoms with Gasteiger partial charge in [-0.15, -0.1) is 0 Å². The van der Waals surface area contributed by atoms with Crippen LogP contribution in [0.1, 0.15) is 12.4 Å². The minimum atomic E-state index is -2.47. The van der Waals surface area contributed by atoms with Crippen LogP contribution >= 0.6 is 15.9 Å². The van der Waals surface area contributed by atoms with Crippen LogP contribution in [-0.4, -0.2) is 4.98 Å². The largest absolute Gasteiger partial charge is 0.384 e. The number of pyridine rings is 1. The molecule has 2 N–H and O–H groups in total. The van der Waals surface area contributed by atoms with Gasteiger partial charge in [0, 0.05) is 4.11 Å². The summed E-state index contributed by atoms with van der Waals surface area (Å²) in [7, 11) is 0. The van der Waals surface area contributed by atoms with Crippen LogP contribution in [-0.2, 0) is 0 Å².